The van der Waals surface area contributed by atoms with Gasteiger partial charge in [-0.25, -0.2) is 9.18 Å². The van der Waals surface area contributed by atoms with Gasteiger partial charge in [-0.05, 0) is 18.1 Å². The molecule has 0 saturated carbocycles. The van der Waals surface area contributed by atoms with Gasteiger partial charge in [0.25, 0.3) is 5.91 Å². The van der Waals surface area contributed by atoms with Gasteiger partial charge < -0.3 is 5.32 Å². The monoisotopic (exact) mass is 325 g/mol. The molecule has 3 amide bonds. The van der Waals surface area contributed by atoms with Gasteiger partial charge in [-0.15, -0.1) is 5.01 Å². The lowest BCUT2D eigenvalue weighted by atomic mass is 9.87. The van der Waals surface area contributed by atoms with E-state index in [0.717, 1.165) is 5.01 Å². The Balaban J connectivity index is 1.93. The quantitative estimate of drug-likeness (QED) is 0.694. The summed E-state index contributed by atoms with van der Waals surface area (Å²) in [4.78, 5) is 25.0. The molecule has 1 heterocycles. The molecule has 0 bridgehead atoms. The van der Waals surface area contributed by atoms with Gasteiger partial charge >= 0.3 is 6.03 Å². The minimum atomic E-state index is -1.15. The summed E-state index contributed by atoms with van der Waals surface area (Å²) in [7, 11) is 0. The Labute approximate surface area is 138 Å². The number of imide groups is 1. The van der Waals surface area contributed by atoms with Crippen molar-refractivity contribution in [3.63, 3.8) is 0 Å². The molecule has 2 aromatic carbocycles. The standard InChI is InChI=1S/C18H16FN3O2/c1-2-18(14-9-4-3-5-10-14)16(23)22(17(24)21-18)20-12-13-8-6-7-11-15(13)19/h3-12H,2H2,1H3,(H,21,24)/b20-12-/t18-/m1/s1. The van der Waals surface area contributed by atoms with E-state index in [-0.39, 0.29) is 5.56 Å². The number of halogens is 1. The first-order chi connectivity index (χ1) is 11.6. The zero-order valence-corrected chi connectivity index (χ0v) is 13.1. The number of rotatable bonds is 4. The van der Waals surface area contributed by atoms with E-state index in [1.807, 2.05) is 13.0 Å². The Kier molecular flexibility index (Phi) is 4.12. The summed E-state index contributed by atoms with van der Waals surface area (Å²) in [5, 5.41) is 7.36. The number of carbonyl (C=O) groups is 2. The van der Waals surface area contributed by atoms with Crippen molar-refractivity contribution >= 4 is 18.2 Å². The molecule has 1 atom stereocenters. The second-order valence-corrected chi connectivity index (χ2v) is 5.44. The van der Waals surface area contributed by atoms with Gasteiger partial charge in [0.15, 0.2) is 0 Å². The molecule has 6 heteroatoms. The number of amides is 3. The first-order valence-corrected chi connectivity index (χ1v) is 7.59. The normalized spacial score (nSPS) is 20.7. The Morgan fingerprint density at radius 1 is 1.12 bits per heavy atom. The number of urea groups is 1. The third-order valence-electron chi connectivity index (χ3n) is 4.08. The number of nitrogens with zero attached hydrogens (tertiary/aromatic N) is 2. The minimum Gasteiger partial charge on any atom is -0.318 e. The summed E-state index contributed by atoms with van der Waals surface area (Å²) >= 11 is 0. The second kappa shape index (κ2) is 6.23. The molecule has 1 aliphatic heterocycles. The van der Waals surface area contributed by atoms with E-state index >= 15 is 0 Å². The van der Waals surface area contributed by atoms with E-state index in [9.17, 15) is 14.0 Å². The van der Waals surface area contributed by atoms with Crippen molar-refractivity contribution in [3.8, 4) is 0 Å². The maximum absolute atomic E-state index is 13.6. The predicted molar refractivity (Wildman–Crippen MR) is 87.8 cm³/mol. The molecule has 122 valence electrons. The van der Waals surface area contributed by atoms with Crippen molar-refractivity contribution in [2.75, 3.05) is 0 Å². The van der Waals surface area contributed by atoms with Gasteiger partial charge in [0.05, 0.1) is 6.21 Å². The number of hydrogen-bond acceptors (Lipinski definition) is 3. The zero-order valence-electron chi connectivity index (χ0n) is 13.1. The molecule has 0 aliphatic carbocycles. The summed E-state index contributed by atoms with van der Waals surface area (Å²) in [5.74, 6) is -0.952. The summed E-state index contributed by atoms with van der Waals surface area (Å²) in [6.07, 6.45) is 1.55. The van der Waals surface area contributed by atoms with Crippen LogP contribution in [0.3, 0.4) is 0 Å². The van der Waals surface area contributed by atoms with Crippen LogP contribution in [0.25, 0.3) is 0 Å². The van der Waals surface area contributed by atoms with Gasteiger partial charge in [0, 0.05) is 5.56 Å². The van der Waals surface area contributed by atoms with E-state index < -0.39 is 23.3 Å². The van der Waals surface area contributed by atoms with Gasteiger partial charge in [-0.2, -0.15) is 5.10 Å². The van der Waals surface area contributed by atoms with Crippen LogP contribution in [0, 0.1) is 5.82 Å². The van der Waals surface area contributed by atoms with Crippen molar-refractivity contribution in [3.05, 3.63) is 71.5 Å². The molecule has 1 N–H and O–H groups in total. The third-order valence-corrected chi connectivity index (χ3v) is 4.08. The summed E-state index contributed by atoms with van der Waals surface area (Å²) in [5.41, 5.74) is -0.258. The van der Waals surface area contributed by atoms with E-state index in [1.54, 1.807) is 36.4 Å². The number of hydrogen-bond donors (Lipinski definition) is 1. The smallest absolute Gasteiger partial charge is 0.318 e. The lowest BCUT2D eigenvalue weighted by Crippen LogP contribution is -2.43. The van der Waals surface area contributed by atoms with Crippen LogP contribution in [0.4, 0.5) is 9.18 Å². The van der Waals surface area contributed by atoms with Gasteiger partial charge in [0.1, 0.15) is 11.4 Å². The molecule has 5 nitrogen and oxygen atoms in total. The van der Waals surface area contributed by atoms with Crippen LogP contribution in [0.15, 0.2) is 59.7 Å². The molecule has 0 radical (unpaired) electrons. The van der Waals surface area contributed by atoms with Gasteiger partial charge in [0.2, 0.25) is 0 Å². The van der Waals surface area contributed by atoms with Crippen LogP contribution < -0.4 is 5.32 Å². The molecular formula is C18H16FN3O2. The lowest BCUT2D eigenvalue weighted by molar-refractivity contribution is -0.131. The molecule has 2 aromatic rings. The summed E-state index contributed by atoms with van der Waals surface area (Å²) < 4.78 is 13.6. The number of nitrogens with one attached hydrogen (secondary N) is 1. The Bertz CT molecular complexity index is 807. The topological polar surface area (TPSA) is 61.8 Å². The fourth-order valence-corrected chi connectivity index (χ4v) is 2.73. The van der Waals surface area contributed by atoms with Crippen LogP contribution in [0.2, 0.25) is 0 Å². The first kappa shape index (κ1) is 15.9. The highest BCUT2D eigenvalue weighted by atomic mass is 19.1. The second-order valence-electron chi connectivity index (χ2n) is 5.44. The van der Waals surface area contributed by atoms with E-state index in [1.165, 1.54) is 18.3 Å². The summed E-state index contributed by atoms with van der Waals surface area (Å²) in [6, 6.07) is 14.4. The lowest BCUT2D eigenvalue weighted by Gasteiger charge is -2.24. The zero-order chi connectivity index (χ0) is 17.2. The van der Waals surface area contributed by atoms with Gasteiger partial charge in [-0.1, -0.05) is 55.5 Å². The van der Waals surface area contributed by atoms with E-state index in [2.05, 4.69) is 10.4 Å². The van der Waals surface area contributed by atoms with E-state index in [4.69, 9.17) is 0 Å². The number of hydrazone groups is 1. The maximum atomic E-state index is 13.6. The van der Waals surface area contributed by atoms with Crippen LogP contribution in [0.5, 0.6) is 0 Å². The fraction of sp³-hybridized carbons (Fsp3) is 0.167. The Morgan fingerprint density at radius 2 is 1.79 bits per heavy atom. The molecule has 0 aromatic heterocycles. The molecule has 0 spiro atoms. The molecule has 0 unspecified atom stereocenters. The number of benzene rings is 2. The average Bonchev–Trinajstić information content (AvgIpc) is 2.86. The molecule has 1 fully saturated rings. The SMILES string of the molecule is CC[C@]1(c2ccccc2)NC(=O)N(/N=C\c2ccccc2F)C1=O. The van der Waals surface area contributed by atoms with Crippen molar-refractivity contribution in [1.29, 1.82) is 0 Å². The van der Waals surface area contributed by atoms with Crippen LogP contribution in [-0.4, -0.2) is 23.2 Å². The van der Waals surface area contributed by atoms with Crippen molar-refractivity contribution < 1.29 is 14.0 Å². The highest BCUT2D eigenvalue weighted by Gasteiger charge is 2.51. The highest BCUT2D eigenvalue weighted by molar-refractivity contribution is 6.07. The van der Waals surface area contributed by atoms with Crippen LogP contribution >= 0.6 is 0 Å². The first-order valence-electron chi connectivity index (χ1n) is 7.59. The van der Waals surface area contributed by atoms with Crippen molar-refractivity contribution in [2.24, 2.45) is 5.10 Å². The van der Waals surface area contributed by atoms with Gasteiger partial charge in [-0.3, -0.25) is 4.79 Å². The highest BCUT2D eigenvalue weighted by Crippen LogP contribution is 2.32. The minimum absolute atomic E-state index is 0.201. The summed E-state index contributed by atoms with van der Waals surface area (Å²) in [6.45, 7) is 1.81. The average molecular weight is 325 g/mol. The fourth-order valence-electron chi connectivity index (χ4n) is 2.73. The Hall–Kier alpha value is -3.02. The van der Waals surface area contributed by atoms with Crippen LogP contribution in [-0.2, 0) is 10.3 Å². The largest absolute Gasteiger partial charge is 0.346 e. The van der Waals surface area contributed by atoms with Crippen molar-refractivity contribution in [1.82, 2.24) is 10.3 Å². The Morgan fingerprint density at radius 3 is 2.46 bits per heavy atom. The molecule has 1 aliphatic rings. The van der Waals surface area contributed by atoms with E-state index in [0.29, 0.717) is 12.0 Å². The maximum Gasteiger partial charge on any atom is 0.346 e. The van der Waals surface area contributed by atoms with Crippen molar-refractivity contribution in [2.45, 2.75) is 18.9 Å². The molecule has 3 rings (SSSR count). The molecule has 1 saturated heterocycles. The number of carbonyl (C=O) groups excluding carboxylic acids is 2. The predicted octanol–water partition coefficient (Wildman–Crippen LogP) is 3.02. The third kappa shape index (κ3) is 2.56. The molecule has 24 heavy (non-hydrogen) atoms. The van der Waals surface area contributed by atoms with Crippen LogP contribution in [0.1, 0.15) is 24.5 Å². The molecular weight excluding hydrogens is 309 g/mol.